The highest BCUT2D eigenvalue weighted by atomic mass is 19.1. The largest absolute Gasteiger partial charge is 0.398 e. The van der Waals surface area contributed by atoms with Crippen LogP contribution in [0.4, 0.5) is 15.8 Å². The van der Waals surface area contributed by atoms with E-state index < -0.39 is 5.82 Å². The summed E-state index contributed by atoms with van der Waals surface area (Å²) < 4.78 is 13.3. The molecule has 2 aromatic carbocycles. The Morgan fingerprint density at radius 1 is 1.30 bits per heavy atom. The Balaban J connectivity index is 1.88. The Hall–Kier alpha value is -2.54. The van der Waals surface area contributed by atoms with E-state index in [1.807, 2.05) is 24.3 Å². The van der Waals surface area contributed by atoms with Crippen molar-refractivity contribution < 1.29 is 4.39 Å². The molecule has 0 spiro atoms. The normalized spacial score (nSPS) is 13.1. The Labute approximate surface area is 117 Å². The van der Waals surface area contributed by atoms with Gasteiger partial charge in [0.25, 0.3) is 0 Å². The predicted octanol–water partition coefficient (Wildman–Crippen LogP) is 2.84. The van der Waals surface area contributed by atoms with Crippen LogP contribution in [0.5, 0.6) is 0 Å². The molecule has 1 heterocycles. The van der Waals surface area contributed by atoms with Crippen molar-refractivity contribution in [2.45, 2.75) is 13.0 Å². The minimum absolute atomic E-state index is 0.0921. The molecule has 2 N–H and O–H groups in total. The quantitative estimate of drug-likeness (QED) is 0.851. The molecule has 0 amide bonds. The SMILES string of the molecule is N#Cc1cc(CN2CCc3c(N)cccc32)ccc1F. The van der Waals surface area contributed by atoms with Crippen molar-refractivity contribution in [2.75, 3.05) is 17.2 Å². The van der Waals surface area contributed by atoms with Gasteiger partial charge < -0.3 is 10.6 Å². The van der Waals surface area contributed by atoms with E-state index in [1.165, 1.54) is 11.6 Å². The number of anilines is 2. The third-order valence-corrected chi connectivity index (χ3v) is 3.68. The third-order valence-electron chi connectivity index (χ3n) is 3.68. The maximum absolute atomic E-state index is 13.3. The summed E-state index contributed by atoms with van der Waals surface area (Å²) in [4.78, 5) is 2.21. The minimum Gasteiger partial charge on any atom is -0.398 e. The summed E-state index contributed by atoms with van der Waals surface area (Å²) in [5.74, 6) is -0.470. The monoisotopic (exact) mass is 267 g/mol. The second kappa shape index (κ2) is 4.86. The fraction of sp³-hybridized carbons (Fsp3) is 0.188. The van der Waals surface area contributed by atoms with Gasteiger partial charge in [-0.15, -0.1) is 0 Å². The number of rotatable bonds is 2. The second-order valence-corrected chi connectivity index (χ2v) is 4.94. The number of fused-ring (bicyclic) bond motifs is 1. The van der Waals surface area contributed by atoms with Crippen LogP contribution in [0.3, 0.4) is 0 Å². The van der Waals surface area contributed by atoms with Gasteiger partial charge in [0.05, 0.1) is 5.56 Å². The molecule has 1 aliphatic rings. The molecule has 0 fully saturated rings. The van der Waals surface area contributed by atoms with E-state index in [1.54, 1.807) is 12.1 Å². The lowest BCUT2D eigenvalue weighted by Gasteiger charge is -2.19. The van der Waals surface area contributed by atoms with Crippen molar-refractivity contribution in [3.05, 3.63) is 58.9 Å². The number of nitrogens with two attached hydrogens (primary N) is 1. The zero-order chi connectivity index (χ0) is 14.1. The average Bonchev–Trinajstić information content (AvgIpc) is 2.86. The van der Waals surface area contributed by atoms with E-state index in [9.17, 15) is 4.39 Å². The van der Waals surface area contributed by atoms with E-state index in [2.05, 4.69) is 4.90 Å². The highest BCUT2D eigenvalue weighted by Crippen LogP contribution is 2.33. The average molecular weight is 267 g/mol. The van der Waals surface area contributed by atoms with Crippen molar-refractivity contribution in [3.63, 3.8) is 0 Å². The van der Waals surface area contributed by atoms with Crippen molar-refractivity contribution in [2.24, 2.45) is 0 Å². The molecule has 1 aliphatic heterocycles. The summed E-state index contributed by atoms with van der Waals surface area (Å²) in [6.07, 6.45) is 0.925. The summed E-state index contributed by atoms with van der Waals surface area (Å²) in [7, 11) is 0. The highest BCUT2D eigenvalue weighted by molar-refractivity contribution is 5.68. The topological polar surface area (TPSA) is 53.0 Å². The van der Waals surface area contributed by atoms with Crippen molar-refractivity contribution in [1.29, 1.82) is 5.26 Å². The Bertz CT molecular complexity index is 703. The molecule has 0 saturated carbocycles. The Kier molecular flexibility index (Phi) is 3.03. The minimum atomic E-state index is -0.470. The van der Waals surface area contributed by atoms with Crippen LogP contribution in [-0.2, 0) is 13.0 Å². The van der Waals surface area contributed by atoms with E-state index in [4.69, 9.17) is 11.0 Å². The number of nitrogens with zero attached hydrogens (tertiary/aromatic N) is 2. The van der Waals surface area contributed by atoms with Gasteiger partial charge in [-0.05, 0) is 36.2 Å². The first-order valence-corrected chi connectivity index (χ1v) is 6.50. The lowest BCUT2D eigenvalue weighted by atomic mass is 10.1. The molecule has 0 radical (unpaired) electrons. The van der Waals surface area contributed by atoms with Crippen molar-refractivity contribution >= 4 is 11.4 Å². The van der Waals surface area contributed by atoms with E-state index in [0.29, 0.717) is 6.54 Å². The van der Waals surface area contributed by atoms with E-state index >= 15 is 0 Å². The molecule has 4 heteroatoms. The zero-order valence-corrected chi connectivity index (χ0v) is 10.9. The first-order chi connectivity index (χ1) is 9.69. The van der Waals surface area contributed by atoms with Gasteiger partial charge in [0.15, 0.2) is 0 Å². The molecule has 0 aliphatic carbocycles. The van der Waals surface area contributed by atoms with Crippen LogP contribution in [0.2, 0.25) is 0 Å². The molecule has 0 aromatic heterocycles. The number of nitriles is 1. The maximum atomic E-state index is 13.3. The highest BCUT2D eigenvalue weighted by Gasteiger charge is 2.20. The first-order valence-electron chi connectivity index (χ1n) is 6.50. The van der Waals surface area contributed by atoms with Gasteiger partial charge in [0.2, 0.25) is 0 Å². The summed E-state index contributed by atoms with van der Waals surface area (Å²) in [6, 6.07) is 12.5. The van der Waals surface area contributed by atoms with E-state index in [-0.39, 0.29) is 5.56 Å². The van der Waals surface area contributed by atoms with Crippen LogP contribution in [0.1, 0.15) is 16.7 Å². The molecule has 0 atom stereocenters. The van der Waals surface area contributed by atoms with Crippen LogP contribution in [0, 0.1) is 17.1 Å². The van der Waals surface area contributed by atoms with E-state index in [0.717, 1.165) is 29.9 Å². The molecule has 0 bridgehead atoms. The summed E-state index contributed by atoms with van der Waals surface area (Å²) in [6.45, 7) is 1.55. The Morgan fingerprint density at radius 3 is 2.95 bits per heavy atom. The van der Waals surface area contributed by atoms with Crippen LogP contribution >= 0.6 is 0 Å². The number of benzene rings is 2. The predicted molar refractivity (Wildman–Crippen MR) is 76.7 cm³/mol. The first kappa shape index (κ1) is 12.5. The van der Waals surface area contributed by atoms with Crippen LogP contribution < -0.4 is 10.6 Å². The number of halogens is 1. The lowest BCUT2D eigenvalue weighted by Crippen LogP contribution is -2.19. The smallest absolute Gasteiger partial charge is 0.140 e. The van der Waals surface area contributed by atoms with Gasteiger partial charge in [-0.2, -0.15) is 5.26 Å². The fourth-order valence-electron chi connectivity index (χ4n) is 2.67. The van der Waals surface area contributed by atoms with Crippen LogP contribution in [0.15, 0.2) is 36.4 Å². The van der Waals surface area contributed by atoms with Gasteiger partial charge in [0.1, 0.15) is 11.9 Å². The molecule has 20 heavy (non-hydrogen) atoms. The van der Waals surface area contributed by atoms with Gasteiger partial charge in [-0.3, -0.25) is 0 Å². The number of nitrogen functional groups attached to an aromatic ring is 1. The lowest BCUT2D eigenvalue weighted by molar-refractivity contribution is 0.622. The molecular weight excluding hydrogens is 253 g/mol. The van der Waals surface area contributed by atoms with Crippen LogP contribution in [0.25, 0.3) is 0 Å². The van der Waals surface area contributed by atoms with Gasteiger partial charge in [-0.25, -0.2) is 4.39 Å². The van der Waals surface area contributed by atoms with Gasteiger partial charge >= 0.3 is 0 Å². The molecule has 3 rings (SSSR count). The van der Waals surface area contributed by atoms with Gasteiger partial charge in [-0.1, -0.05) is 12.1 Å². The molecule has 2 aromatic rings. The van der Waals surface area contributed by atoms with Crippen molar-refractivity contribution in [3.8, 4) is 6.07 Å². The molecule has 3 nitrogen and oxygen atoms in total. The Morgan fingerprint density at radius 2 is 2.15 bits per heavy atom. The second-order valence-electron chi connectivity index (χ2n) is 4.94. The fourth-order valence-corrected chi connectivity index (χ4v) is 2.67. The molecule has 0 unspecified atom stereocenters. The third kappa shape index (κ3) is 2.08. The summed E-state index contributed by atoms with van der Waals surface area (Å²) >= 11 is 0. The van der Waals surface area contributed by atoms with Crippen LogP contribution in [-0.4, -0.2) is 6.54 Å². The molecule has 0 saturated heterocycles. The molecule has 100 valence electrons. The zero-order valence-electron chi connectivity index (χ0n) is 10.9. The summed E-state index contributed by atoms with van der Waals surface area (Å²) in [5, 5.41) is 8.88. The number of hydrogen-bond acceptors (Lipinski definition) is 3. The van der Waals surface area contributed by atoms with Gasteiger partial charge in [0, 0.05) is 30.0 Å². The molecular formula is C16H14FN3. The number of hydrogen-bond donors (Lipinski definition) is 1. The standard InChI is InChI=1S/C16H14FN3/c17-14-5-4-11(8-12(14)9-18)10-20-7-6-13-15(19)2-1-3-16(13)20/h1-5,8H,6-7,10,19H2. The van der Waals surface area contributed by atoms with Crippen molar-refractivity contribution in [1.82, 2.24) is 0 Å². The maximum Gasteiger partial charge on any atom is 0.140 e. The summed E-state index contributed by atoms with van der Waals surface area (Å²) in [5.41, 5.74) is 10.1.